The van der Waals surface area contributed by atoms with Crippen molar-refractivity contribution >= 4 is 41.3 Å². The second-order valence-electron chi connectivity index (χ2n) is 6.77. The van der Waals surface area contributed by atoms with Gasteiger partial charge in [0.1, 0.15) is 12.7 Å². The molecule has 1 unspecified atom stereocenters. The molecule has 1 atom stereocenters. The van der Waals surface area contributed by atoms with Gasteiger partial charge in [0.15, 0.2) is 17.5 Å². The summed E-state index contributed by atoms with van der Waals surface area (Å²) in [4.78, 5) is 8.35. The van der Waals surface area contributed by atoms with Crippen LogP contribution < -0.4 is 20.1 Å². The van der Waals surface area contributed by atoms with E-state index < -0.39 is 0 Å². The molecule has 2 aliphatic heterocycles. The third-order valence-electron chi connectivity index (χ3n) is 4.90. The molecule has 0 bridgehead atoms. The molecule has 8 heteroatoms. The smallest absolute Gasteiger partial charge is 0.191 e. The van der Waals surface area contributed by atoms with E-state index in [1.165, 1.54) is 12.0 Å². The number of halogens is 1. The molecular formula is C20H27IN4O2S. The Labute approximate surface area is 187 Å². The molecule has 0 spiro atoms. The SMILES string of the molecule is CN=C(NCCN1CCc2sccc2C1)NCC1COc2ccccc2O1.I. The lowest BCUT2D eigenvalue weighted by atomic mass is 10.1. The van der Waals surface area contributed by atoms with E-state index in [4.69, 9.17) is 9.47 Å². The van der Waals surface area contributed by atoms with Gasteiger partial charge >= 0.3 is 0 Å². The first-order valence-corrected chi connectivity index (χ1v) is 10.3. The van der Waals surface area contributed by atoms with Gasteiger partial charge in [-0.3, -0.25) is 9.89 Å². The van der Waals surface area contributed by atoms with Crippen LogP contribution in [0.4, 0.5) is 0 Å². The van der Waals surface area contributed by atoms with E-state index in [-0.39, 0.29) is 30.1 Å². The maximum absolute atomic E-state index is 5.97. The average Bonchev–Trinajstić information content (AvgIpc) is 3.18. The minimum absolute atomic E-state index is 0. The second-order valence-corrected chi connectivity index (χ2v) is 7.77. The summed E-state index contributed by atoms with van der Waals surface area (Å²) in [6, 6.07) is 10.0. The molecule has 0 saturated carbocycles. The summed E-state index contributed by atoms with van der Waals surface area (Å²) in [5.41, 5.74) is 1.49. The Bertz CT molecular complexity index is 798. The molecule has 0 amide bonds. The van der Waals surface area contributed by atoms with Gasteiger partial charge in [-0.25, -0.2) is 0 Å². The maximum atomic E-state index is 5.97. The van der Waals surface area contributed by atoms with Crippen molar-refractivity contribution in [1.82, 2.24) is 15.5 Å². The van der Waals surface area contributed by atoms with Crippen molar-refractivity contribution in [2.75, 3.05) is 39.8 Å². The highest BCUT2D eigenvalue weighted by atomic mass is 127. The van der Waals surface area contributed by atoms with Gasteiger partial charge in [-0.2, -0.15) is 0 Å². The van der Waals surface area contributed by atoms with Gasteiger partial charge in [-0.1, -0.05) is 12.1 Å². The number of hydrogen-bond acceptors (Lipinski definition) is 5. The largest absolute Gasteiger partial charge is 0.486 e. The summed E-state index contributed by atoms with van der Waals surface area (Å²) in [6.45, 7) is 5.25. The number of aliphatic imine (C=N–C) groups is 1. The first-order chi connectivity index (χ1) is 13.3. The molecule has 0 fully saturated rings. The Morgan fingerprint density at radius 3 is 2.96 bits per heavy atom. The summed E-state index contributed by atoms with van der Waals surface area (Å²) in [5, 5.41) is 8.93. The molecule has 2 N–H and O–H groups in total. The standard InChI is InChI=1S/C20H26N4O2S.HI/c1-21-20(22-8-10-24-9-6-19-15(13-24)7-11-27-19)23-12-16-14-25-17-4-2-3-5-18(17)26-16;/h2-5,7,11,16H,6,8-10,12-14H2,1H3,(H2,21,22,23);1H. The van der Waals surface area contributed by atoms with E-state index in [0.29, 0.717) is 13.2 Å². The van der Waals surface area contributed by atoms with Crippen LogP contribution in [0, 0.1) is 0 Å². The summed E-state index contributed by atoms with van der Waals surface area (Å²) in [5.74, 6) is 2.41. The molecule has 0 radical (unpaired) electrons. The molecule has 152 valence electrons. The van der Waals surface area contributed by atoms with Crippen LogP contribution in [0.1, 0.15) is 10.4 Å². The van der Waals surface area contributed by atoms with Crippen LogP contribution in [0.25, 0.3) is 0 Å². The van der Waals surface area contributed by atoms with Crippen LogP contribution in [0.3, 0.4) is 0 Å². The number of thiophene rings is 1. The van der Waals surface area contributed by atoms with Crippen molar-refractivity contribution in [2.24, 2.45) is 4.99 Å². The Hall–Kier alpha value is -1.52. The van der Waals surface area contributed by atoms with Crippen LogP contribution in [0.15, 0.2) is 40.7 Å². The average molecular weight is 514 g/mol. The van der Waals surface area contributed by atoms with Gasteiger partial charge in [-0.05, 0) is 35.6 Å². The summed E-state index contributed by atoms with van der Waals surface area (Å²) in [7, 11) is 1.79. The molecule has 28 heavy (non-hydrogen) atoms. The Morgan fingerprint density at radius 2 is 2.11 bits per heavy atom. The van der Waals surface area contributed by atoms with Crippen molar-refractivity contribution < 1.29 is 9.47 Å². The molecule has 6 nitrogen and oxygen atoms in total. The van der Waals surface area contributed by atoms with Gasteiger partial charge in [-0.15, -0.1) is 35.3 Å². The van der Waals surface area contributed by atoms with Gasteiger partial charge in [0.05, 0.1) is 6.54 Å². The third kappa shape index (κ3) is 5.30. The molecule has 2 aromatic rings. The van der Waals surface area contributed by atoms with E-state index >= 15 is 0 Å². The zero-order valence-electron chi connectivity index (χ0n) is 16.0. The quantitative estimate of drug-likeness (QED) is 0.365. The van der Waals surface area contributed by atoms with Gasteiger partial charge < -0.3 is 20.1 Å². The number of nitrogens with one attached hydrogen (secondary N) is 2. The van der Waals surface area contributed by atoms with Gasteiger partial charge in [0.2, 0.25) is 0 Å². The second kappa shape index (κ2) is 10.3. The summed E-state index contributed by atoms with van der Waals surface area (Å²) >= 11 is 1.88. The number of ether oxygens (including phenoxy) is 2. The fourth-order valence-corrected chi connectivity index (χ4v) is 4.31. The first-order valence-electron chi connectivity index (χ1n) is 9.42. The van der Waals surface area contributed by atoms with E-state index in [9.17, 15) is 0 Å². The van der Waals surface area contributed by atoms with E-state index in [1.807, 2.05) is 35.6 Å². The molecule has 1 aromatic heterocycles. The fourth-order valence-electron chi connectivity index (χ4n) is 3.42. The predicted molar refractivity (Wildman–Crippen MR) is 124 cm³/mol. The minimum atomic E-state index is -0.0300. The lowest BCUT2D eigenvalue weighted by Gasteiger charge is -2.28. The molecule has 1 aromatic carbocycles. The third-order valence-corrected chi connectivity index (χ3v) is 5.92. The number of rotatable bonds is 5. The highest BCUT2D eigenvalue weighted by molar-refractivity contribution is 14.0. The highest BCUT2D eigenvalue weighted by Crippen LogP contribution is 2.30. The minimum Gasteiger partial charge on any atom is -0.486 e. The molecule has 2 aliphatic rings. The number of benzene rings is 1. The molecule has 0 saturated heterocycles. The van der Waals surface area contributed by atoms with E-state index in [1.54, 1.807) is 11.9 Å². The number of para-hydroxylation sites is 2. The molecule has 0 aliphatic carbocycles. The van der Waals surface area contributed by atoms with Crippen LogP contribution in [0.5, 0.6) is 11.5 Å². The van der Waals surface area contributed by atoms with Gasteiger partial charge in [0.25, 0.3) is 0 Å². The van der Waals surface area contributed by atoms with Crippen molar-refractivity contribution in [3.05, 3.63) is 46.2 Å². The Kier molecular flexibility index (Phi) is 7.81. The maximum Gasteiger partial charge on any atom is 0.191 e. The number of nitrogens with zero attached hydrogens (tertiary/aromatic N) is 2. The lowest BCUT2D eigenvalue weighted by Crippen LogP contribution is -2.47. The van der Waals surface area contributed by atoms with Crippen molar-refractivity contribution in [2.45, 2.75) is 19.1 Å². The summed E-state index contributed by atoms with van der Waals surface area (Å²) < 4.78 is 11.7. The number of guanidine groups is 1. The normalized spacial score (nSPS) is 18.8. The van der Waals surface area contributed by atoms with Crippen molar-refractivity contribution in [3.63, 3.8) is 0 Å². The summed E-state index contributed by atoms with van der Waals surface area (Å²) in [6.07, 6.45) is 1.14. The Balaban J connectivity index is 0.00000225. The number of fused-ring (bicyclic) bond motifs is 2. The van der Waals surface area contributed by atoms with Gasteiger partial charge in [0, 0.05) is 38.1 Å². The van der Waals surface area contributed by atoms with Crippen LogP contribution in [-0.2, 0) is 13.0 Å². The first kappa shape index (κ1) is 21.2. The van der Waals surface area contributed by atoms with Crippen LogP contribution in [-0.4, -0.2) is 56.8 Å². The van der Waals surface area contributed by atoms with Crippen molar-refractivity contribution in [1.29, 1.82) is 0 Å². The molecular weight excluding hydrogens is 487 g/mol. The molecule has 4 rings (SSSR count). The monoisotopic (exact) mass is 514 g/mol. The lowest BCUT2D eigenvalue weighted by molar-refractivity contribution is 0.0936. The van der Waals surface area contributed by atoms with Crippen LogP contribution >= 0.6 is 35.3 Å². The predicted octanol–water partition coefficient (Wildman–Crippen LogP) is 2.73. The Morgan fingerprint density at radius 1 is 1.25 bits per heavy atom. The topological polar surface area (TPSA) is 58.1 Å². The number of hydrogen-bond donors (Lipinski definition) is 2. The van der Waals surface area contributed by atoms with E-state index in [0.717, 1.165) is 43.6 Å². The highest BCUT2D eigenvalue weighted by Gasteiger charge is 2.21. The molecule has 3 heterocycles. The fraction of sp³-hybridized carbons (Fsp3) is 0.450. The van der Waals surface area contributed by atoms with E-state index in [2.05, 4.69) is 32.0 Å². The van der Waals surface area contributed by atoms with Crippen LogP contribution in [0.2, 0.25) is 0 Å². The van der Waals surface area contributed by atoms with Crippen molar-refractivity contribution in [3.8, 4) is 11.5 Å². The zero-order valence-corrected chi connectivity index (χ0v) is 19.2. The zero-order chi connectivity index (χ0) is 18.5.